The molecule has 3 nitrogen and oxygen atoms in total. The van der Waals surface area contributed by atoms with Gasteiger partial charge in [0.15, 0.2) is 5.17 Å². The molecule has 0 aromatic carbocycles. The molecular formula is C6H9N3S. The van der Waals surface area contributed by atoms with Gasteiger partial charge in [0.1, 0.15) is 0 Å². The highest BCUT2D eigenvalue weighted by Crippen LogP contribution is 2.08. The van der Waals surface area contributed by atoms with Crippen LogP contribution in [0, 0.1) is 11.3 Å². The fraction of sp³-hybridized carbons (Fsp3) is 0.667. The lowest BCUT2D eigenvalue weighted by Gasteiger charge is -1.99. The number of aliphatic imine (C=N–C) groups is 1. The van der Waals surface area contributed by atoms with Crippen molar-refractivity contribution in [3.63, 3.8) is 0 Å². The minimum atomic E-state index is 0.555. The summed E-state index contributed by atoms with van der Waals surface area (Å²) in [5, 5.41) is 12.3. The molecule has 54 valence electrons. The largest absolute Gasteiger partial charge is 0.364 e. The Bertz CT molecular complexity index is 170. The van der Waals surface area contributed by atoms with E-state index in [0.29, 0.717) is 6.42 Å². The summed E-state index contributed by atoms with van der Waals surface area (Å²) in [6.07, 6.45) is 0.555. The topological polar surface area (TPSA) is 48.2 Å². The monoisotopic (exact) mass is 155 g/mol. The van der Waals surface area contributed by atoms with Gasteiger partial charge in [0, 0.05) is 12.3 Å². The molecule has 0 fully saturated rings. The number of nitriles is 1. The maximum atomic E-state index is 8.20. The Morgan fingerprint density at radius 2 is 2.70 bits per heavy atom. The van der Waals surface area contributed by atoms with Crippen LogP contribution in [-0.2, 0) is 0 Å². The van der Waals surface area contributed by atoms with Crippen molar-refractivity contribution in [2.75, 3.05) is 18.8 Å². The highest BCUT2D eigenvalue weighted by Gasteiger charge is 2.04. The van der Waals surface area contributed by atoms with Crippen molar-refractivity contribution in [1.29, 1.82) is 5.26 Å². The van der Waals surface area contributed by atoms with Crippen molar-refractivity contribution in [3.8, 4) is 6.07 Å². The van der Waals surface area contributed by atoms with E-state index in [4.69, 9.17) is 5.26 Å². The van der Waals surface area contributed by atoms with E-state index < -0.39 is 0 Å². The van der Waals surface area contributed by atoms with Crippen LogP contribution in [0.2, 0.25) is 0 Å². The van der Waals surface area contributed by atoms with E-state index in [1.54, 1.807) is 11.8 Å². The molecule has 0 aliphatic carbocycles. The first kappa shape index (κ1) is 7.42. The predicted octanol–water partition coefficient (Wildman–Crippen LogP) is 0.592. The second-order valence-electron chi connectivity index (χ2n) is 1.87. The van der Waals surface area contributed by atoms with E-state index in [1.165, 1.54) is 0 Å². The highest BCUT2D eigenvalue weighted by molar-refractivity contribution is 8.14. The number of rotatable bonds is 2. The van der Waals surface area contributed by atoms with Crippen LogP contribution in [0.15, 0.2) is 4.99 Å². The molecule has 0 saturated heterocycles. The first-order valence-electron chi connectivity index (χ1n) is 3.21. The lowest BCUT2D eigenvalue weighted by atomic mass is 10.5. The lowest BCUT2D eigenvalue weighted by Crippen LogP contribution is -2.19. The number of nitrogens with one attached hydrogen (secondary N) is 1. The third-order valence-electron chi connectivity index (χ3n) is 1.10. The van der Waals surface area contributed by atoms with Gasteiger partial charge in [0.25, 0.3) is 0 Å². The second kappa shape index (κ2) is 4.18. The zero-order valence-corrected chi connectivity index (χ0v) is 6.45. The van der Waals surface area contributed by atoms with Crippen molar-refractivity contribution in [3.05, 3.63) is 0 Å². The maximum absolute atomic E-state index is 8.20. The van der Waals surface area contributed by atoms with Gasteiger partial charge in [-0.1, -0.05) is 11.8 Å². The summed E-state index contributed by atoms with van der Waals surface area (Å²) in [6, 6.07) is 2.06. The van der Waals surface area contributed by atoms with Crippen molar-refractivity contribution < 1.29 is 0 Å². The Morgan fingerprint density at radius 3 is 3.30 bits per heavy atom. The van der Waals surface area contributed by atoms with Crippen molar-refractivity contribution >= 4 is 16.9 Å². The van der Waals surface area contributed by atoms with Crippen molar-refractivity contribution in [1.82, 2.24) is 5.32 Å². The van der Waals surface area contributed by atoms with Crippen LogP contribution >= 0.6 is 11.8 Å². The molecule has 0 saturated carbocycles. The Balaban J connectivity index is 2.08. The summed E-state index contributed by atoms with van der Waals surface area (Å²) < 4.78 is 0. The van der Waals surface area contributed by atoms with E-state index in [2.05, 4.69) is 16.4 Å². The maximum Gasteiger partial charge on any atom is 0.156 e. The van der Waals surface area contributed by atoms with Crippen LogP contribution in [0.4, 0.5) is 0 Å². The van der Waals surface area contributed by atoms with Crippen LogP contribution in [0.3, 0.4) is 0 Å². The van der Waals surface area contributed by atoms with Crippen molar-refractivity contribution in [2.45, 2.75) is 6.42 Å². The van der Waals surface area contributed by atoms with Gasteiger partial charge < -0.3 is 5.32 Å². The van der Waals surface area contributed by atoms with Crippen LogP contribution in [0.1, 0.15) is 6.42 Å². The van der Waals surface area contributed by atoms with Gasteiger partial charge in [-0.3, -0.25) is 4.99 Å². The molecule has 0 aromatic rings. The van der Waals surface area contributed by atoms with Gasteiger partial charge in [-0.05, 0) is 0 Å². The van der Waals surface area contributed by atoms with Crippen LogP contribution < -0.4 is 5.32 Å². The van der Waals surface area contributed by atoms with Gasteiger partial charge in [-0.15, -0.1) is 0 Å². The van der Waals surface area contributed by atoms with E-state index >= 15 is 0 Å². The third-order valence-corrected chi connectivity index (χ3v) is 2.03. The fourth-order valence-corrected chi connectivity index (χ4v) is 1.43. The molecule has 1 N–H and O–H groups in total. The summed E-state index contributed by atoms with van der Waals surface area (Å²) in [6.45, 7) is 1.64. The molecule has 4 heteroatoms. The summed E-state index contributed by atoms with van der Waals surface area (Å²) >= 11 is 1.72. The average Bonchev–Trinajstić information content (AvgIpc) is 2.41. The average molecular weight is 155 g/mol. The summed E-state index contributed by atoms with van der Waals surface area (Å²) in [5.41, 5.74) is 0. The summed E-state index contributed by atoms with van der Waals surface area (Å²) in [5.74, 6) is 1.08. The fourth-order valence-electron chi connectivity index (χ4n) is 0.667. The molecule has 0 bridgehead atoms. The Morgan fingerprint density at radius 1 is 1.80 bits per heavy atom. The molecule has 0 spiro atoms. The van der Waals surface area contributed by atoms with Gasteiger partial charge in [0.05, 0.1) is 19.0 Å². The highest BCUT2D eigenvalue weighted by atomic mass is 32.2. The summed E-state index contributed by atoms with van der Waals surface area (Å²) in [7, 11) is 0. The molecule has 1 heterocycles. The molecule has 0 unspecified atom stereocenters. The number of hydrogen-bond acceptors (Lipinski definition) is 4. The standard InChI is InChI=1S/C6H9N3S/c7-2-1-3-8-6-9-4-5-10-6/h1,3-5H2,(H,8,9). The van der Waals surface area contributed by atoms with Gasteiger partial charge >= 0.3 is 0 Å². The SMILES string of the molecule is N#CCCNC1=NCCS1. The number of nitrogens with zero attached hydrogens (tertiary/aromatic N) is 2. The first-order valence-corrected chi connectivity index (χ1v) is 4.20. The Labute approximate surface area is 64.5 Å². The van der Waals surface area contributed by atoms with E-state index in [-0.39, 0.29) is 0 Å². The Hall–Kier alpha value is -0.690. The predicted molar refractivity (Wildman–Crippen MR) is 43.0 cm³/mol. The molecule has 10 heavy (non-hydrogen) atoms. The van der Waals surface area contributed by atoms with E-state index in [1.807, 2.05) is 0 Å². The van der Waals surface area contributed by atoms with Crippen LogP contribution in [0.25, 0.3) is 0 Å². The molecule has 0 amide bonds. The van der Waals surface area contributed by atoms with E-state index in [9.17, 15) is 0 Å². The molecule has 0 radical (unpaired) electrons. The second-order valence-corrected chi connectivity index (χ2v) is 2.95. The smallest absolute Gasteiger partial charge is 0.156 e. The molecule has 1 aliphatic heterocycles. The minimum Gasteiger partial charge on any atom is -0.364 e. The van der Waals surface area contributed by atoms with Crippen LogP contribution in [-0.4, -0.2) is 24.0 Å². The number of thioether (sulfide) groups is 1. The zero-order chi connectivity index (χ0) is 7.23. The number of hydrogen-bond donors (Lipinski definition) is 1. The van der Waals surface area contributed by atoms with Crippen LogP contribution in [0.5, 0.6) is 0 Å². The first-order chi connectivity index (χ1) is 4.93. The third kappa shape index (κ3) is 2.28. The zero-order valence-electron chi connectivity index (χ0n) is 5.63. The molecule has 0 aromatic heterocycles. The molecular weight excluding hydrogens is 146 g/mol. The Kier molecular flexibility index (Phi) is 3.10. The van der Waals surface area contributed by atoms with Crippen molar-refractivity contribution in [2.24, 2.45) is 4.99 Å². The lowest BCUT2D eigenvalue weighted by molar-refractivity contribution is 0.903. The van der Waals surface area contributed by atoms with E-state index in [0.717, 1.165) is 24.0 Å². The van der Waals surface area contributed by atoms with Gasteiger partial charge in [-0.2, -0.15) is 5.26 Å². The number of amidine groups is 1. The molecule has 1 aliphatic rings. The normalized spacial score (nSPS) is 16.1. The van der Waals surface area contributed by atoms with Gasteiger partial charge in [0.2, 0.25) is 0 Å². The molecule has 0 atom stereocenters. The minimum absolute atomic E-state index is 0.555. The quantitative estimate of drug-likeness (QED) is 0.594. The van der Waals surface area contributed by atoms with Gasteiger partial charge in [-0.25, -0.2) is 0 Å². The summed E-state index contributed by atoms with van der Waals surface area (Å²) in [4.78, 5) is 4.17. The molecule has 1 rings (SSSR count).